The molecule has 0 N–H and O–H groups in total. The molecule has 0 aliphatic heterocycles. The van der Waals surface area contributed by atoms with E-state index in [1.54, 1.807) is 6.98 Å². The van der Waals surface area contributed by atoms with Gasteiger partial charge in [0.2, 0.25) is 0 Å². The van der Waals surface area contributed by atoms with Gasteiger partial charge in [0, 0.05) is 0 Å². The number of aryl methyl sites for hydroxylation is 1. The van der Waals surface area contributed by atoms with Gasteiger partial charge in [0.1, 0.15) is 0 Å². The van der Waals surface area contributed by atoms with Crippen molar-refractivity contribution in [1.82, 2.24) is 0 Å². The molecule has 0 unspecified atom stereocenters. The molecule has 0 fully saturated rings. The Morgan fingerprint density at radius 1 is 1.20 bits per heavy atom. The quantitative estimate of drug-likeness (QED) is 0.623. The molecule has 0 amide bonds. The van der Waals surface area contributed by atoms with Gasteiger partial charge in [0.25, 0.3) is 0 Å². The Hall–Kier alpha value is -0.250. The molecule has 0 saturated heterocycles. The van der Waals surface area contributed by atoms with Gasteiger partial charge < -0.3 is 0 Å². The van der Waals surface area contributed by atoms with Gasteiger partial charge in [0.05, 0.1) is 0 Å². The Morgan fingerprint density at radius 2 is 2.00 bits per heavy atom. The average molecular weight is 244 g/mol. The summed E-state index contributed by atoms with van der Waals surface area (Å²) in [5.41, 5.74) is 0. The van der Waals surface area contributed by atoms with Gasteiger partial charge in [-0.2, -0.15) is 0 Å². The number of rotatable bonds is 0. The Balaban J connectivity index is 2.88. The maximum absolute atomic E-state index is 2.32. The summed E-state index contributed by atoms with van der Waals surface area (Å²) < 4.78 is 3.21. The van der Waals surface area contributed by atoms with E-state index in [2.05, 4.69) is 37.3 Å². The normalized spacial score (nSPS) is 10.5. The van der Waals surface area contributed by atoms with E-state index in [1.807, 2.05) is 0 Å². The molecule has 0 spiro atoms. The van der Waals surface area contributed by atoms with Crippen molar-refractivity contribution in [2.45, 2.75) is 6.92 Å². The van der Waals surface area contributed by atoms with Crippen molar-refractivity contribution in [2.24, 2.45) is 0 Å². The fraction of sp³-hybridized carbons (Fsp3) is 0.111. The van der Waals surface area contributed by atoms with Crippen LogP contribution in [0.4, 0.5) is 0 Å². The molecule has 1 aromatic heterocycles. The van der Waals surface area contributed by atoms with Crippen LogP contribution in [-0.2, 0) is 0 Å². The maximum atomic E-state index is 2.32. The molecule has 0 aliphatic rings. The zero-order valence-electron chi connectivity index (χ0n) is 5.79. The van der Waals surface area contributed by atoms with E-state index >= 15 is 0 Å². The number of hydrogen-bond acceptors (Lipinski definition) is 0. The Kier molecular flexibility index (Phi) is 1.56. The van der Waals surface area contributed by atoms with Crippen LogP contribution in [0.25, 0.3) is 8.79 Å². The van der Waals surface area contributed by atoms with Crippen LogP contribution >= 0.6 is 0 Å². The molecule has 2 aromatic rings. The van der Waals surface area contributed by atoms with E-state index in [4.69, 9.17) is 0 Å². The second-order valence-electron chi connectivity index (χ2n) is 2.39. The van der Waals surface area contributed by atoms with E-state index < -0.39 is 0 Å². The first-order valence-corrected chi connectivity index (χ1v) is 5.64. The van der Waals surface area contributed by atoms with Crippen LogP contribution in [0.2, 0.25) is 0 Å². The first-order chi connectivity index (χ1) is 4.86. The Bertz CT molecular complexity index is 313. The first kappa shape index (κ1) is 6.46. The van der Waals surface area contributed by atoms with E-state index in [-0.39, 0.29) is 20.4 Å². The van der Waals surface area contributed by atoms with Crippen molar-refractivity contribution < 1.29 is 0 Å². The number of fused-ring (bicyclic) bond motifs is 1. The SMILES string of the molecule is Cc1cc2ccccc2[te]1. The first-order valence-electron chi connectivity index (χ1n) is 3.31. The molecule has 0 bridgehead atoms. The third-order valence-electron chi connectivity index (χ3n) is 1.55. The molecular weight excluding hydrogens is 236 g/mol. The molecule has 10 heavy (non-hydrogen) atoms. The summed E-state index contributed by atoms with van der Waals surface area (Å²) in [6.07, 6.45) is 0. The van der Waals surface area contributed by atoms with Crippen LogP contribution < -0.4 is 0 Å². The Morgan fingerprint density at radius 3 is 2.80 bits per heavy atom. The Labute approximate surface area is 70.1 Å². The monoisotopic (exact) mass is 246 g/mol. The molecule has 0 nitrogen and oxygen atoms in total. The molecule has 2 rings (SSSR count). The minimum absolute atomic E-state index is 0.0521. The standard InChI is InChI=1S/C9H8Te/c1-7-6-8-4-2-3-5-9(8)10-7/h2-6H,1H3. The molecule has 0 aliphatic carbocycles. The molecule has 50 valence electrons. The van der Waals surface area contributed by atoms with Crippen molar-refractivity contribution in [1.29, 1.82) is 0 Å². The number of benzene rings is 1. The van der Waals surface area contributed by atoms with Crippen molar-refractivity contribution in [3.05, 3.63) is 33.9 Å². The van der Waals surface area contributed by atoms with Crippen LogP contribution in [0.3, 0.4) is 0 Å². The van der Waals surface area contributed by atoms with Crippen molar-refractivity contribution in [3.8, 4) is 0 Å². The summed E-state index contributed by atoms with van der Waals surface area (Å²) in [4.78, 5) is 0. The third kappa shape index (κ3) is 1.00. The van der Waals surface area contributed by atoms with E-state index in [1.165, 1.54) is 5.39 Å². The van der Waals surface area contributed by atoms with Crippen LogP contribution in [0, 0.1) is 6.92 Å². The minimum atomic E-state index is 0.0521. The van der Waals surface area contributed by atoms with Gasteiger partial charge in [-0.05, 0) is 0 Å². The molecule has 0 saturated carbocycles. The molecule has 1 heterocycles. The molecule has 1 heteroatoms. The van der Waals surface area contributed by atoms with Gasteiger partial charge in [-0.3, -0.25) is 0 Å². The van der Waals surface area contributed by atoms with Crippen molar-refractivity contribution >= 4 is 29.2 Å². The van der Waals surface area contributed by atoms with Crippen LogP contribution in [0.5, 0.6) is 0 Å². The summed E-state index contributed by atoms with van der Waals surface area (Å²) in [6.45, 7) is 2.24. The van der Waals surface area contributed by atoms with Gasteiger partial charge in [-0.25, -0.2) is 0 Å². The summed E-state index contributed by atoms with van der Waals surface area (Å²) >= 11 is 0.0521. The van der Waals surface area contributed by atoms with E-state index in [0.29, 0.717) is 0 Å². The molecule has 1 aromatic carbocycles. The zero-order valence-corrected chi connectivity index (χ0v) is 8.13. The third-order valence-corrected chi connectivity index (χ3v) is 4.49. The van der Waals surface area contributed by atoms with Gasteiger partial charge >= 0.3 is 70.1 Å². The van der Waals surface area contributed by atoms with Gasteiger partial charge in [0.15, 0.2) is 0 Å². The summed E-state index contributed by atoms with van der Waals surface area (Å²) in [6, 6.07) is 11.0. The van der Waals surface area contributed by atoms with Crippen molar-refractivity contribution in [3.63, 3.8) is 0 Å². The summed E-state index contributed by atoms with van der Waals surface area (Å²) in [5.74, 6) is 0. The van der Waals surface area contributed by atoms with Gasteiger partial charge in [-0.1, -0.05) is 0 Å². The predicted octanol–water partition coefficient (Wildman–Crippen LogP) is 2.21. The van der Waals surface area contributed by atoms with Crippen LogP contribution in [0.1, 0.15) is 3.58 Å². The van der Waals surface area contributed by atoms with Gasteiger partial charge in [-0.15, -0.1) is 0 Å². The fourth-order valence-electron chi connectivity index (χ4n) is 1.11. The summed E-state index contributed by atoms with van der Waals surface area (Å²) in [5, 5.41) is 1.46. The van der Waals surface area contributed by atoms with Crippen molar-refractivity contribution in [2.75, 3.05) is 0 Å². The fourth-order valence-corrected chi connectivity index (χ4v) is 3.75. The van der Waals surface area contributed by atoms with E-state index in [0.717, 1.165) is 0 Å². The average Bonchev–Trinajstić information content (AvgIpc) is 2.27. The molecule has 0 atom stereocenters. The van der Waals surface area contributed by atoms with Crippen LogP contribution in [0.15, 0.2) is 30.3 Å². The molecule has 0 radical (unpaired) electrons. The predicted molar refractivity (Wildman–Crippen MR) is 45.6 cm³/mol. The second kappa shape index (κ2) is 2.42. The van der Waals surface area contributed by atoms with Crippen LogP contribution in [-0.4, -0.2) is 20.4 Å². The van der Waals surface area contributed by atoms with E-state index in [9.17, 15) is 0 Å². The number of hydrogen-bond donors (Lipinski definition) is 0. The zero-order chi connectivity index (χ0) is 6.97. The topological polar surface area (TPSA) is 0 Å². The second-order valence-corrected chi connectivity index (χ2v) is 6.07. The molecular formula is C9H8Te. The summed E-state index contributed by atoms with van der Waals surface area (Å²) in [7, 11) is 0.